The Morgan fingerprint density at radius 2 is 1.74 bits per heavy atom. The molecule has 0 spiro atoms. The number of nitrogens with zero attached hydrogens (tertiary/aromatic N) is 4. The number of pyridine rings is 2. The molecule has 0 saturated carbocycles. The Kier molecular flexibility index (Phi) is 9.86. The highest BCUT2D eigenvalue weighted by Gasteiger charge is 2.28. The van der Waals surface area contributed by atoms with E-state index in [2.05, 4.69) is 15.2 Å². The molecule has 1 amide bonds. The standard InChI is InChI=1S/C34H43N5O4/c1-21(2)15-29(39-20-25(11-13-37(6)7)24(5)16-30(39)40)34(43)36-28(18-31(41)42)26-17-27(33-35-12-14-38(33)19-26)32-22(3)9-8-10-23(32)4/h8-10,12,14,16-17,19-21,28-29H,11,13,15,18H2,1-7H3,(H,36,43)(H,41,42)/t28-,29-/m0/s1. The Morgan fingerprint density at radius 1 is 1.05 bits per heavy atom. The molecule has 3 aromatic heterocycles. The van der Waals surface area contributed by atoms with Crippen molar-refractivity contribution in [2.75, 3.05) is 20.6 Å². The molecule has 3 heterocycles. The van der Waals surface area contributed by atoms with Gasteiger partial charge in [0.2, 0.25) is 5.91 Å². The molecule has 0 aliphatic carbocycles. The first-order valence-electron chi connectivity index (χ1n) is 14.8. The molecule has 0 unspecified atom stereocenters. The van der Waals surface area contributed by atoms with Crippen molar-refractivity contribution in [1.82, 2.24) is 24.2 Å². The number of aliphatic carboxylic acids is 1. The van der Waals surface area contributed by atoms with Crippen molar-refractivity contribution in [3.8, 4) is 11.1 Å². The molecule has 9 heteroatoms. The van der Waals surface area contributed by atoms with Gasteiger partial charge in [0.05, 0.1) is 12.5 Å². The summed E-state index contributed by atoms with van der Waals surface area (Å²) in [5.74, 6) is -1.31. The van der Waals surface area contributed by atoms with Gasteiger partial charge in [0, 0.05) is 43.0 Å². The summed E-state index contributed by atoms with van der Waals surface area (Å²) in [5.41, 5.74) is 7.06. The fourth-order valence-corrected chi connectivity index (χ4v) is 5.69. The lowest BCUT2D eigenvalue weighted by Gasteiger charge is -2.26. The van der Waals surface area contributed by atoms with Gasteiger partial charge in [-0.2, -0.15) is 0 Å². The van der Waals surface area contributed by atoms with Gasteiger partial charge < -0.3 is 24.3 Å². The number of fused-ring (bicyclic) bond motifs is 1. The van der Waals surface area contributed by atoms with Crippen LogP contribution in [0.4, 0.5) is 0 Å². The van der Waals surface area contributed by atoms with Gasteiger partial charge in [-0.3, -0.25) is 14.4 Å². The normalized spacial score (nSPS) is 13.0. The Hall–Kier alpha value is -4.24. The molecular weight excluding hydrogens is 542 g/mol. The van der Waals surface area contributed by atoms with Crippen LogP contribution in [0.3, 0.4) is 0 Å². The Morgan fingerprint density at radius 3 is 2.37 bits per heavy atom. The van der Waals surface area contributed by atoms with Gasteiger partial charge in [-0.15, -0.1) is 0 Å². The summed E-state index contributed by atoms with van der Waals surface area (Å²) in [6, 6.07) is 7.97. The molecule has 43 heavy (non-hydrogen) atoms. The summed E-state index contributed by atoms with van der Waals surface area (Å²) >= 11 is 0. The fourth-order valence-electron chi connectivity index (χ4n) is 5.69. The van der Waals surface area contributed by atoms with E-state index in [0.29, 0.717) is 12.0 Å². The minimum absolute atomic E-state index is 0.116. The lowest BCUT2D eigenvalue weighted by molar-refractivity contribution is -0.138. The number of imidazole rings is 1. The highest BCUT2D eigenvalue weighted by Crippen LogP contribution is 2.33. The molecule has 228 valence electrons. The zero-order valence-corrected chi connectivity index (χ0v) is 26.2. The maximum Gasteiger partial charge on any atom is 0.305 e. The van der Waals surface area contributed by atoms with E-state index < -0.39 is 18.1 Å². The van der Waals surface area contributed by atoms with E-state index in [1.54, 1.807) is 18.5 Å². The van der Waals surface area contributed by atoms with Crippen LogP contribution in [0.5, 0.6) is 0 Å². The Labute approximate surface area is 253 Å². The maximum absolute atomic E-state index is 14.0. The third-order valence-corrected chi connectivity index (χ3v) is 7.91. The number of aryl methyl sites for hydroxylation is 3. The summed E-state index contributed by atoms with van der Waals surface area (Å²) < 4.78 is 3.39. The fraction of sp³-hybridized carbons (Fsp3) is 0.412. The number of carbonyl (C=O) groups excluding carboxylic acids is 1. The van der Waals surface area contributed by atoms with Crippen molar-refractivity contribution in [1.29, 1.82) is 0 Å². The third-order valence-electron chi connectivity index (χ3n) is 7.91. The van der Waals surface area contributed by atoms with Crippen LogP contribution in [0.15, 0.2) is 59.9 Å². The minimum Gasteiger partial charge on any atom is -0.481 e. The zero-order chi connectivity index (χ0) is 31.4. The first-order valence-corrected chi connectivity index (χ1v) is 14.8. The van der Waals surface area contributed by atoms with Crippen molar-refractivity contribution >= 4 is 17.5 Å². The smallest absolute Gasteiger partial charge is 0.305 e. The molecule has 2 N–H and O–H groups in total. The van der Waals surface area contributed by atoms with E-state index in [1.165, 1.54) is 4.57 Å². The highest BCUT2D eigenvalue weighted by atomic mass is 16.4. The van der Waals surface area contributed by atoms with E-state index in [9.17, 15) is 19.5 Å². The average Bonchev–Trinajstić information content (AvgIpc) is 3.39. The van der Waals surface area contributed by atoms with E-state index >= 15 is 0 Å². The lowest BCUT2D eigenvalue weighted by Crippen LogP contribution is -2.40. The second kappa shape index (κ2) is 13.4. The molecule has 0 radical (unpaired) electrons. The van der Waals surface area contributed by atoms with E-state index in [0.717, 1.165) is 52.0 Å². The molecule has 0 aliphatic heterocycles. The quantitative estimate of drug-likeness (QED) is 0.239. The predicted octanol–water partition coefficient (Wildman–Crippen LogP) is 5.11. The van der Waals surface area contributed by atoms with Crippen molar-refractivity contribution in [3.63, 3.8) is 0 Å². The van der Waals surface area contributed by atoms with Gasteiger partial charge in [-0.05, 0) is 93.1 Å². The Balaban J connectivity index is 1.78. The zero-order valence-electron chi connectivity index (χ0n) is 26.2. The van der Waals surface area contributed by atoms with Crippen LogP contribution in [0.25, 0.3) is 16.8 Å². The van der Waals surface area contributed by atoms with Crippen LogP contribution in [-0.4, -0.2) is 56.5 Å². The average molecular weight is 586 g/mol. The summed E-state index contributed by atoms with van der Waals surface area (Å²) in [5, 5.41) is 12.9. The van der Waals surface area contributed by atoms with Crippen molar-refractivity contribution in [2.45, 2.75) is 66.0 Å². The topological polar surface area (TPSA) is 109 Å². The SMILES string of the molecule is Cc1cc(=O)n([C@@H](CC(C)C)C(=O)N[C@@H](CC(=O)O)c2cc(-c3c(C)cccc3C)c3nccn3c2)cc1CCN(C)C. The molecule has 0 aliphatic rings. The van der Waals surface area contributed by atoms with Crippen LogP contribution in [-0.2, 0) is 16.0 Å². The number of hydrogen-bond donors (Lipinski definition) is 2. The molecule has 4 rings (SSSR count). The summed E-state index contributed by atoms with van der Waals surface area (Å²) in [7, 11) is 3.99. The summed E-state index contributed by atoms with van der Waals surface area (Å²) in [4.78, 5) is 46.0. The Bertz CT molecular complexity index is 1660. The van der Waals surface area contributed by atoms with Crippen LogP contribution in [0, 0.1) is 26.7 Å². The first kappa shape index (κ1) is 31.7. The molecule has 9 nitrogen and oxygen atoms in total. The second-order valence-electron chi connectivity index (χ2n) is 12.2. The predicted molar refractivity (Wildman–Crippen MR) is 169 cm³/mol. The third kappa shape index (κ3) is 7.40. The number of rotatable bonds is 12. The van der Waals surface area contributed by atoms with E-state index in [-0.39, 0.29) is 23.8 Å². The first-order chi connectivity index (χ1) is 20.3. The largest absolute Gasteiger partial charge is 0.481 e. The monoisotopic (exact) mass is 585 g/mol. The number of amides is 1. The molecule has 0 fully saturated rings. The van der Waals surface area contributed by atoms with Crippen LogP contribution < -0.4 is 10.9 Å². The summed E-state index contributed by atoms with van der Waals surface area (Å²) in [6.07, 6.45) is 8.00. The minimum atomic E-state index is -1.04. The van der Waals surface area contributed by atoms with Gasteiger partial charge in [0.15, 0.2) is 0 Å². The number of nitrogens with one attached hydrogen (secondary N) is 1. The van der Waals surface area contributed by atoms with Gasteiger partial charge >= 0.3 is 5.97 Å². The molecule has 0 bridgehead atoms. The summed E-state index contributed by atoms with van der Waals surface area (Å²) in [6.45, 7) is 10.8. The van der Waals surface area contributed by atoms with Gasteiger partial charge in [0.1, 0.15) is 11.7 Å². The van der Waals surface area contributed by atoms with Crippen LogP contribution in [0.2, 0.25) is 0 Å². The number of hydrogen-bond acceptors (Lipinski definition) is 5. The molecule has 0 saturated heterocycles. The van der Waals surface area contributed by atoms with E-state index in [4.69, 9.17) is 0 Å². The van der Waals surface area contributed by atoms with Crippen LogP contribution in [0.1, 0.15) is 66.6 Å². The van der Waals surface area contributed by atoms with Crippen molar-refractivity contribution in [3.05, 3.63) is 93.3 Å². The number of carboxylic acids is 1. The van der Waals surface area contributed by atoms with Crippen molar-refractivity contribution < 1.29 is 14.7 Å². The molecule has 1 aromatic carbocycles. The van der Waals surface area contributed by atoms with E-state index in [1.807, 2.05) is 89.8 Å². The number of benzene rings is 1. The molecule has 4 aromatic rings. The van der Waals surface area contributed by atoms with Crippen LogP contribution >= 0.6 is 0 Å². The maximum atomic E-state index is 14.0. The number of carbonyl (C=O) groups is 2. The number of aromatic nitrogens is 3. The lowest BCUT2D eigenvalue weighted by atomic mass is 9.93. The molecule has 2 atom stereocenters. The van der Waals surface area contributed by atoms with Gasteiger partial charge in [0.25, 0.3) is 5.56 Å². The van der Waals surface area contributed by atoms with Gasteiger partial charge in [-0.25, -0.2) is 4.98 Å². The number of carboxylic acid groups (broad SMARTS) is 1. The molecular formula is C34H43N5O4. The van der Waals surface area contributed by atoms with Gasteiger partial charge in [-0.1, -0.05) is 32.0 Å². The highest BCUT2D eigenvalue weighted by molar-refractivity contribution is 5.84. The number of likely N-dealkylation sites (N-methyl/N-ethyl adjacent to an activating group) is 1. The van der Waals surface area contributed by atoms with Crippen molar-refractivity contribution in [2.24, 2.45) is 5.92 Å². The second-order valence-corrected chi connectivity index (χ2v) is 12.2.